The number of nitrogens with one attached hydrogen (secondary N) is 2. The molecule has 3 rings (SSSR count). The SMILES string of the molecule is Cc1cccc2sc(NC(=O)CCCNC(=O)c3ccc(Cl)cc3)nc12. The number of hydrogen-bond donors (Lipinski definition) is 2. The molecular weight excluding hydrogens is 370 g/mol. The molecule has 2 N–H and O–H groups in total. The third-order valence-electron chi connectivity index (χ3n) is 3.84. The van der Waals surface area contributed by atoms with Crippen molar-refractivity contribution in [3.05, 3.63) is 58.6 Å². The number of carbonyl (C=O) groups is 2. The molecule has 0 saturated carbocycles. The van der Waals surface area contributed by atoms with Crippen LogP contribution in [0.2, 0.25) is 5.02 Å². The van der Waals surface area contributed by atoms with Crippen LogP contribution in [0.3, 0.4) is 0 Å². The molecule has 0 atom stereocenters. The molecule has 1 heterocycles. The van der Waals surface area contributed by atoms with Gasteiger partial charge in [0.05, 0.1) is 10.2 Å². The van der Waals surface area contributed by atoms with Crippen molar-refractivity contribution in [2.45, 2.75) is 19.8 Å². The number of rotatable bonds is 6. The molecule has 1 aromatic heterocycles. The van der Waals surface area contributed by atoms with E-state index in [4.69, 9.17) is 11.6 Å². The fourth-order valence-electron chi connectivity index (χ4n) is 2.48. The van der Waals surface area contributed by atoms with Gasteiger partial charge in [-0.05, 0) is 49.2 Å². The van der Waals surface area contributed by atoms with E-state index in [-0.39, 0.29) is 11.8 Å². The number of aromatic nitrogens is 1. The van der Waals surface area contributed by atoms with Crippen molar-refractivity contribution < 1.29 is 9.59 Å². The molecule has 3 aromatic rings. The topological polar surface area (TPSA) is 71.1 Å². The summed E-state index contributed by atoms with van der Waals surface area (Å²) in [5.41, 5.74) is 2.55. The number of aryl methyl sites for hydroxylation is 1. The van der Waals surface area contributed by atoms with Crippen molar-refractivity contribution in [3.8, 4) is 0 Å². The third-order valence-corrected chi connectivity index (χ3v) is 5.03. The van der Waals surface area contributed by atoms with Crippen LogP contribution < -0.4 is 10.6 Å². The third kappa shape index (κ3) is 4.59. The van der Waals surface area contributed by atoms with E-state index in [1.54, 1.807) is 24.3 Å². The molecule has 0 bridgehead atoms. The molecule has 2 amide bonds. The molecular formula is C19H18ClN3O2S. The predicted molar refractivity (Wildman–Crippen MR) is 106 cm³/mol. The predicted octanol–water partition coefficient (Wildman–Crippen LogP) is 4.41. The van der Waals surface area contributed by atoms with Crippen LogP contribution in [-0.2, 0) is 4.79 Å². The summed E-state index contributed by atoms with van der Waals surface area (Å²) in [6.07, 6.45) is 0.866. The van der Waals surface area contributed by atoms with E-state index in [0.29, 0.717) is 35.1 Å². The van der Waals surface area contributed by atoms with E-state index in [0.717, 1.165) is 15.8 Å². The second-order valence-electron chi connectivity index (χ2n) is 5.86. The summed E-state index contributed by atoms with van der Waals surface area (Å²) in [6.45, 7) is 2.42. The first-order valence-corrected chi connectivity index (χ1v) is 9.42. The summed E-state index contributed by atoms with van der Waals surface area (Å²) in [4.78, 5) is 28.5. The Morgan fingerprint density at radius 1 is 1.15 bits per heavy atom. The van der Waals surface area contributed by atoms with Crippen LogP contribution in [-0.4, -0.2) is 23.3 Å². The van der Waals surface area contributed by atoms with Gasteiger partial charge in [0.15, 0.2) is 5.13 Å². The molecule has 0 saturated heterocycles. The molecule has 0 radical (unpaired) electrons. The summed E-state index contributed by atoms with van der Waals surface area (Å²) in [7, 11) is 0. The van der Waals surface area contributed by atoms with Crippen LogP contribution in [0.25, 0.3) is 10.2 Å². The first kappa shape index (κ1) is 18.4. The fourth-order valence-corrected chi connectivity index (χ4v) is 3.56. The smallest absolute Gasteiger partial charge is 0.251 e. The number of benzene rings is 2. The summed E-state index contributed by atoms with van der Waals surface area (Å²) in [6, 6.07) is 12.6. The van der Waals surface area contributed by atoms with E-state index in [2.05, 4.69) is 15.6 Å². The average molecular weight is 388 g/mol. The van der Waals surface area contributed by atoms with Crippen molar-refractivity contribution in [2.75, 3.05) is 11.9 Å². The molecule has 0 aliphatic carbocycles. The van der Waals surface area contributed by atoms with Gasteiger partial charge in [-0.25, -0.2) is 4.98 Å². The van der Waals surface area contributed by atoms with Gasteiger partial charge >= 0.3 is 0 Å². The van der Waals surface area contributed by atoms with Crippen LogP contribution >= 0.6 is 22.9 Å². The summed E-state index contributed by atoms with van der Waals surface area (Å²) < 4.78 is 1.05. The van der Waals surface area contributed by atoms with Crippen molar-refractivity contribution in [2.24, 2.45) is 0 Å². The van der Waals surface area contributed by atoms with Crippen LogP contribution in [0.5, 0.6) is 0 Å². The lowest BCUT2D eigenvalue weighted by Gasteiger charge is -2.05. The van der Waals surface area contributed by atoms with Gasteiger partial charge in [-0.3, -0.25) is 9.59 Å². The Kier molecular flexibility index (Phi) is 5.85. The maximum Gasteiger partial charge on any atom is 0.251 e. The van der Waals surface area contributed by atoms with Crippen LogP contribution in [0.15, 0.2) is 42.5 Å². The highest BCUT2D eigenvalue weighted by Gasteiger charge is 2.09. The normalized spacial score (nSPS) is 10.7. The molecule has 26 heavy (non-hydrogen) atoms. The van der Waals surface area contributed by atoms with Crippen LogP contribution in [0.4, 0.5) is 5.13 Å². The standard InChI is InChI=1S/C19H18ClN3O2S/c1-12-4-2-5-15-17(12)23-19(26-15)22-16(24)6-3-11-21-18(25)13-7-9-14(20)10-8-13/h2,4-5,7-10H,3,6,11H2,1H3,(H,21,25)(H,22,23,24). The van der Waals surface area contributed by atoms with E-state index in [1.807, 2.05) is 25.1 Å². The Bertz CT molecular complexity index is 938. The average Bonchev–Trinajstić information content (AvgIpc) is 3.03. The van der Waals surface area contributed by atoms with Crippen molar-refractivity contribution in [1.82, 2.24) is 10.3 Å². The van der Waals surface area contributed by atoms with Gasteiger partial charge in [-0.2, -0.15) is 0 Å². The van der Waals surface area contributed by atoms with Gasteiger partial charge in [0, 0.05) is 23.6 Å². The molecule has 5 nitrogen and oxygen atoms in total. The zero-order chi connectivity index (χ0) is 18.5. The minimum atomic E-state index is -0.177. The van der Waals surface area contributed by atoms with Gasteiger partial charge < -0.3 is 10.6 Å². The maximum absolute atomic E-state index is 12.1. The second kappa shape index (κ2) is 8.29. The van der Waals surface area contributed by atoms with Gasteiger partial charge in [0.2, 0.25) is 5.91 Å². The lowest BCUT2D eigenvalue weighted by Crippen LogP contribution is -2.25. The number of thiazole rings is 1. The molecule has 0 fully saturated rings. The van der Waals surface area contributed by atoms with Crippen molar-refractivity contribution >= 4 is 50.1 Å². The number of amides is 2. The molecule has 0 aliphatic rings. The van der Waals surface area contributed by atoms with Gasteiger partial charge in [-0.15, -0.1) is 0 Å². The molecule has 0 spiro atoms. The number of hydrogen-bond acceptors (Lipinski definition) is 4. The van der Waals surface area contributed by atoms with Crippen molar-refractivity contribution in [3.63, 3.8) is 0 Å². The summed E-state index contributed by atoms with van der Waals surface area (Å²) >= 11 is 7.26. The lowest BCUT2D eigenvalue weighted by atomic mass is 10.2. The Hall–Kier alpha value is -2.44. The van der Waals surface area contributed by atoms with Gasteiger partial charge in [0.1, 0.15) is 0 Å². The second-order valence-corrected chi connectivity index (χ2v) is 7.32. The largest absolute Gasteiger partial charge is 0.352 e. The first-order chi connectivity index (χ1) is 12.5. The number of anilines is 1. The molecule has 0 aliphatic heterocycles. The van der Waals surface area contributed by atoms with Crippen LogP contribution in [0, 0.1) is 6.92 Å². The Morgan fingerprint density at radius 3 is 2.65 bits per heavy atom. The van der Waals surface area contributed by atoms with E-state index >= 15 is 0 Å². The Balaban J connectivity index is 1.44. The monoisotopic (exact) mass is 387 g/mol. The first-order valence-electron chi connectivity index (χ1n) is 8.23. The quantitative estimate of drug-likeness (QED) is 0.615. The Labute approximate surface area is 160 Å². The van der Waals surface area contributed by atoms with E-state index < -0.39 is 0 Å². The number of para-hydroxylation sites is 1. The molecule has 134 valence electrons. The highest BCUT2D eigenvalue weighted by molar-refractivity contribution is 7.22. The molecule has 2 aromatic carbocycles. The highest BCUT2D eigenvalue weighted by Crippen LogP contribution is 2.27. The van der Waals surface area contributed by atoms with Gasteiger partial charge in [0.25, 0.3) is 5.91 Å². The Morgan fingerprint density at radius 2 is 1.92 bits per heavy atom. The minimum absolute atomic E-state index is 0.109. The zero-order valence-corrected chi connectivity index (χ0v) is 15.8. The summed E-state index contributed by atoms with van der Waals surface area (Å²) in [5, 5.41) is 6.81. The minimum Gasteiger partial charge on any atom is -0.352 e. The number of nitrogens with zero attached hydrogens (tertiary/aromatic N) is 1. The van der Waals surface area contributed by atoms with Crippen LogP contribution in [0.1, 0.15) is 28.8 Å². The number of carbonyl (C=O) groups excluding carboxylic acids is 2. The fraction of sp³-hybridized carbons (Fsp3) is 0.211. The van der Waals surface area contributed by atoms with E-state index in [9.17, 15) is 9.59 Å². The van der Waals surface area contributed by atoms with Crippen molar-refractivity contribution in [1.29, 1.82) is 0 Å². The maximum atomic E-state index is 12.1. The van der Waals surface area contributed by atoms with E-state index in [1.165, 1.54) is 11.3 Å². The summed E-state index contributed by atoms with van der Waals surface area (Å²) in [5.74, 6) is -0.286. The lowest BCUT2D eigenvalue weighted by molar-refractivity contribution is -0.116. The number of halogens is 1. The molecule has 0 unspecified atom stereocenters. The van der Waals surface area contributed by atoms with Gasteiger partial charge in [-0.1, -0.05) is 35.1 Å². The zero-order valence-electron chi connectivity index (χ0n) is 14.2. The number of fused-ring (bicyclic) bond motifs is 1. The molecule has 7 heteroatoms. The highest BCUT2D eigenvalue weighted by atomic mass is 35.5.